The fourth-order valence-electron chi connectivity index (χ4n) is 3.69. The summed E-state index contributed by atoms with van der Waals surface area (Å²) in [6.07, 6.45) is 1.93. The Morgan fingerprint density at radius 1 is 0.935 bits per heavy atom. The minimum atomic E-state index is 0.530. The molecule has 0 saturated carbocycles. The highest BCUT2D eigenvalue weighted by Gasteiger charge is 2.15. The molecule has 3 nitrogen and oxygen atoms in total. The van der Waals surface area contributed by atoms with Crippen molar-refractivity contribution >= 4 is 34.2 Å². The SMILES string of the molecule is CC(C)c1ccc(OCCCCn2c(-c3ccc(Cl)cc3Cl)nc3ccccc32)cc1. The summed E-state index contributed by atoms with van der Waals surface area (Å²) in [4.78, 5) is 4.85. The number of aromatic nitrogens is 2. The van der Waals surface area contributed by atoms with Gasteiger partial charge in [0.1, 0.15) is 11.6 Å². The molecule has 0 amide bonds. The summed E-state index contributed by atoms with van der Waals surface area (Å²) in [6.45, 7) is 5.91. The second-order valence-electron chi connectivity index (χ2n) is 7.98. The number of halogens is 2. The molecule has 0 atom stereocenters. The smallest absolute Gasteiger partial charge is 0.142 e. The first-order valence-corrected chi connectivity index (χ1v) is 11.4. The molecule has 0 aliphatic heterocycles. The van der Waals surface area contributed by atoms with Crippen LogP contribution in [0.1, 0.15) is 38.2 Å². The summed E-state index contributed by atoms with van der Waals surface area (Å²) >= 11 is 12.6. The number of rotatable bonds is 8. The summed E-state index contributed by atoms with van der Waals surface area (Å²) in [5, 5.41) is 1.23. The zero-order chi connectivity index (χ0) is 21.8. The Morgan fingerprint density at radius 2 is 1.71 bits per heavy atom. The molecule has 4 aromatic rings. The van der Waals surface area contributed by atoms with Gasteiger partial charge in [0.25, 0.3) is 0 Å². The predicted octanol–water partition coefficient (Wildman–Crippen LogP) is 7.99. The van der Waals surface area contributed by atoms with Crippen LogP contribution < -0.4 is 4.74 Å². The summed E-state index contributed by atoms with van der Waals surface area (Å²) in [7, 11) is 0. The summed E-state index contributed by atoms with van der Waals surface area (Å²) < 4.78 is 8.17. The molecule has 0 fully saturated rings. The number of nitrogens with zero attached hydrogens (tertiary/aromatic N) is 2. The highest BCUT2D eigenvalue weighted by atomic mass is 35.5. The topological polar surface area (TPSA) is 27.1 Å². The lowest BCUT2D eigenvalue weighted by Crippen LogP contribution is -2.04. The van der Waals surface area contributed by atoms with Crippen LogP contribution in [-0.2, 0) is 6.54 Å². The number of benzene rings is 3. The molecular weight excluding hydrogens is 427 g/mol. The maximum absolute atomic E-state index is 6.49. The van der Waals surface area contributed by atoms with Gasteiger partial charge in [-0.15, -0.1) is 0 Å². The molecule has 1 heterocycles. The summed E-state index contributed by atoms with van der Waals surface area (Å²) in [6, 6.07) is 22.1. The Bertz CT molecular complexity index is 1170. The molecule has 0 bridgehead atoms. The zero-order valence-corrected chi connectivity index (χ0v) is 19.3. The van der Waals surface area contributed by atoms with Crippen LogP contribution in [0.4, 0.5) is 0 Å². The zero-order valence-electron chi connectivity index (χ0n) is 17.8. The lowest BCUT2D eigenvalue weighted by atomic mass is 10.0. The average Bonchev–Trinajstić information content (AvgIpc) is 3.12. The van der Waals surface area contributed by atoms with Gasteiger partial charge in [0, 0.05) is 17.1 Å². The van der Waals surface area contributed by atoms with Gasteiger partial charge in [0.15, 0.2) is 0 Å². The fourth-order valence-corrected chi connectivity index (χ4v) is 4.18. The average molecular weight is 453 g/mol. The third kappa shape index (κ3) is 5.06. The quantitative estimate of drug-likeness (QED) is 0.253. The van der Waals surface area contributed by atoms with E-state index in [9.17, 15) is 0 Å². The Kier molecular flexibility index (Phi) is 6.84. The molecule has 1 aromatic heterocycles. The van der Waals surface area contributed by atoms with Crippen LogP contribution in [0.15, 0.2) is 66.7 Å². The maximum atomic E-state index is 6.49. The first kappa shape index (κ1) is 21.7. The van der Waals surface area contributed by atoms with E-state index in [4.69, 9.17) is 32.9 Å². The highest BCUT2D eigenvalue weighted by molar-refractivity contribution is 6.36. The number of imidazole rings is 1. The number of hydrogen-bond donors (Lipinski definition) is 0. The van der Waals surface area contributed by atoms with Crippen molar-refractivity contribution in [2.24, 2.45) is 0 Å². The van der Waals surface area contributed by atoms with Gasteiger partial charge in [0.05, 0.1) is 22.7 Å². The summed E-state index contributed by atoms with van der Waals surface area (Å²) in [5.74, 6) is 2.32. The van der Waals surface area contributed by atoms with Crippen molar-refractivity contribution < 1.29 is 4.74 Å². The normalized spacial score (nSPS) is 11.4. The van der Waals surface area contributed by atoms with Crippen LogP contribution in [0.3, 0.4) is 0 Å². The van der Waals surface area contributed by atoms with Gasteiger partial charge in [-0.3, -0.25) is 0 Å². The van der Waals surface area contributed by atoms with Crippen LogP contribution in [0.25, 0.3) is 22.4 Å². The van der Waals surface area contributed by atoms with E-state index in [2.05, 4.69) is 48.7 Å². The van der Waals surface area contributed by atoms with E-state index in [1.165, 1.54) is 5.56 Å². The van der Waals surface area contributed by atoms with Crippen molar-refractivity contribution in [1.82, 2.24) is 9.55 Å². The van der Waals surface area contributed by atoms with E-state index in [1.807, 2.05) is 30.3 Å². The van der Waals surface area contributed by atoms with E-state index >= 15 is 0 Å². The van der Waals surface area contributed by atoms with Crippen LogP contribution in [0.2, 0.25) is 10.0 Å². The fraction of sp³-hybridized carbons (Fsp3) is 0.269. The van der Waals surface area contributed by atoms with E-state index in [0.717, 1.165) is 47.6 Å². The van der Waals surface area contributed by atoms with E-state index in [0.29, 0.717) is 22.6 Å². The number of unbranched alkanes of at least 4 members (excludes halogenated alkanes) is 1. The first-order valence-electron chi connectivity index (χ1n) is 10.7. The van der Waals surface area contributed by atoms with Crippen LogP contribution in [-0.4, -0.2) is 16.2 Å². The summed E-state index contributed by atoms with van der Waals surface area (Å²) in [5.41, 5.74) is 4.29. The lowest BCUT2D eigenvalue weighted by molar-refractivity contribution is 0.303. The molecule has 4 rings (SSSR count). The van der Waals surface area contributed by atoms with Gasteiger partial charge in [-0.2, -0.15) is 0 Å². The predicted molar refractivity (Wildman–Crippen MR) is 130 cm³/mol. The number of para-hydroxylation sites is 2. The van der Waals surface area contributed by atoms with Gasteiger partial charge in [-0.25, -0.2) is 4.98 Å². The van der Waals surface area contributed by atoms with E-state index in [-0.39, 0.29) is 0 Å². The maximum Gasteiger partial charge on any atom is 0.142 e. The Labute approximate surface area is 193 Å². The monoisotopic (exact) mass is 452 g/mol. The minimum absolute atomic E-state index is 0.530. The van der Waals surface area contributed by atoms with Crippen molar-refractivity contribution in [1.29, 1.82) is 0 Å². The lowest BCUT2D eigenvalue weighted by Gasteiger charge is -2.12. The first-order chi connectivity index (χ1) is 15.0. The molecule has 0 radical (unpaired) electrons. The van der Waals surface area contributed by atoms with Crippen molar-refractivity contribution in [3.8, 4) is 17.1 Å². The van der Waals surface area contributed by atoms with Crippen LogP contribution >= 0.6 is 23.2 Å². The van der Waals surface area contributed by atoms with Crippen LogP contribution in [0.5, 0.6) is 5.75 Å². The molecule has 160 valence electrons. The van der Waals surface area contributed by atoms with Gasteiger partial charge in [0.2, 0.25) is 0 Å². The van der Waals surface area contributed by atoms with E-state index < -0.39 is 0 Å². The Morgan fingerprint density at radius 3 is 2.45 bits per heavy atom. The van der Waals surface area contributed by atoms with Crippen molar-refractivity contribution in [3.63, 3.8) is 0 Å². The number of fused-ring (bicyclic) bond motifs is 1. The largest absolute Gasteiger partial charge is 0.494 e. The van der Waals surface area contributed by atoms with Gasteiger partial charge in [-0.1, -0.05) is 61.3 Å². The molecule has 0 unspecified atom stereocenters. The third-order valence-corrected chi connectivity index (χ3v) is 5.97. The second kappa shape index (κ2) is 9.76. The molecule has 0 spiro atoms. The van der Waals surface area contributed by atoms with Crippen molar-refractivity contribution in [2.45, 2.75) is 39.2 Å². The molecule has 3 aromatic carbocycles. The van der Waals surface area contributed by atoms with Crippen LogP contribution in [0, 0.1) is 0 Å². The Hall–Kier alpha value is -2.49. The van der Waals surface area contributed by atoms with Crippen molar-refractivity contribution in [2.75, 3.05) is 6.61 Å². The standard InChI is InChI=1S/C26H26Cl2N2O/c1-18(2)19-9-12-21(13-10-19)31-16-6-5-15-30-25-8-4-3-7-24(25)29-26(30)22-14-11-20(27)17-23(22)28/h3-4,7-14,17-18H,5-6,15-16H2,1-2H3. The third-order valence-electron chi connectivity index (χ3n) is 5.42. The Balaban J connectivity index is 1.44. The van der Waals surface area contributed by atoms with Gasteiger partial charge >= 0.3 is 0 Å². The van der Waals surface area contributed by atoms with Gasteiger partial charge in [-0.05, 0) is 66.8 Å². The second-order valence-corrected chi connectivity index (χ2v) is 8.82. The molecule has 5 heteroatoms. The molecule has 0 saturated heterocycles. The highest BCUT2D eigenvalue weighted by Crippen LogP contribution is 2.32. The van der Waals surface area contributed by atoms with E-state index in [1.54, 1.807) is 6.07 Å². The number of hydrogen-bond acceptors (Lipinski definition) is 2. The van der Waals surface area contributed by atoms with Gasteiger partial charge < -0.3 is 9.30 Å². The molecule has 31 heavy (non-hydrogen) atoms. The molecular formula is C26H26Cl2N2O. The number of ether oxygens (including phenoxy) is 1. The number of aryl methyl sites for hydroxylation is 1. The minimum Gasteiger partial charge on any atom is -0.494 e. The molecule has 0 aliphatic carbocycles. The van der Waals surface area contributed by atoms with Crippen molar-refractivity contribution in [3.05, 3.63) is 82.3 Å². The molecule has 0 aliphatic rings. The molecule has 0 N–H and O–H groups in total.